The fraction of sp³-hybridized carbons (Fsp3) is 0.200. The van der Waals surface area contributed by atoms with Gasteiger partial charge in [-0.2, -0.15) is 0 Å². The number of para-hydroxylation sites is 1. The Hall–Kier alpha value is -3.94. The van der Waals surface area contributed by atoms with Gasteiger partial charge >= 0.3 is 0 Å². The third-order valence-electron chi connectivity index (χ3n) is 5.86. The first-order valence-corrected chi connectivity index (χ1v) is 10.4. The van der Waals surface area contributed by atoms with Gasteiger partial charge in [-0.25, -0.2) is 8.78 Å². The summed E-state index contributed by atoms with van der Waals surface area (Å²) < 4.78 is 36.5. The molecule has 1 aliphatic rings. The second-order valence-electron chi connectivity index (χ2n) is 7.58. The Morgan fingerprint density at radius 2 is 1.27 bits per heavy atom. The van der Waals surface area contributed by atoms with Crippen molar-refractivity contribution in [3.05, 3.63) is 75.3 Å². The first-order valence-electron chi connectivity index (χ1n) is 10.4. The summed E-state index contributed by atoms with van der Waals surface area (Å²) in [5.74, 6) is -6.51. The van der Waals surface area contributed by atoms with E-state index in [1.165, 1.54) is 0 Å². The van der Waals surface area contributed by atoms with Crippen LogP contribution in [0.15, 0.2) is 30.3 Å². The highest BCUT2D eigenvalue weighted by molar-refractivity contribution is 6.31. The molecule has 0 fully saturated rings. The van der Waals surface area contributed by atoms with Crippen molar-refractivity contribution in [2.24, 2.45) is 0 Å². The van der Waals surface area contributed by atoms with Gasteiger partial charge in [0.15, 0.2) is 17.4 Å². The summed E-state index contributed by atoms with van der Waals surface area (Å²) in [5.41, 5.74) is -1.06. The van der Waals surface area contributed by atoms with Crippen molar-refractivity contribution in [1.29, 1.82) is 0 Å². The maximum atomic E-state index is 15.9. The van der Waals surface area contributed by atoms with Crippen molar-refractivity contribution in [3.63, 3.8) is 0 Å². The van der Waals surface area contributed by atoms with E-state index in [1.807, 2.05) is 32.0 Å². The van der Waals surface area contributed by atoms with E-state index < -0.39 is 68.4 Å². The van der Waals surface area contributed by atoms with Gasteiger partial charge in [-0.1, -0.05) is 32.0 Å². The zero-order valence-corrected chi connectivity index (χ0v) is 18.2. The summed E-state index contributed by atoms with van der Waals surface area (Å²) in [6.45, 7) is 3.82. The molecule has 1 aliphatic carbocycles. The van der Waals surface area contributed by atoms with Gasteiger partial charge < -0.3 is 20.3 Å². The number of ether oxygens (including phenoxy) is 1. The number of ketones is 2. The lowest BCUT2D eigenvalue weighted by atomic mass is 9.81. The lowest BCUT2D eigenvalue weighted by Crippen LogP contribution is -2.25. The highest BCUT2D eigenvalue weighted by Crippen LogP contribution is 2.45. The molecule has 0 aliphatic heterocycles. The molecule has 6 nitrogen and oxygen atoms in total. The Morgan fingerprint density at radius 3 is 1.73 bits per heavy atom. The molecule has 0 amide bonds. The molecular formula is C25H21F2NO5. The van der Waals surface area contributed by atoms with Crippen LogP contribution in [0.25, 0.3) is 0 Å². The second kappa shape index (κ2) is 8.20. The third-order valence-corrected chi connectivity index (χ3v) is 5.86. The molecule has 0 aromatic heterocycles. The molecule has 0 saturated heterocycles. The number of hydrogen-bond acceptors (Lipinski definition) is 6. The summed E-state index contributed by atoms with van der Waals surface area (Å²) in [6, 6.07) is 7.54. The fourth-order valence-electron chi connectivity index (χ4n) is 4.22. The topological polar surface area (TPSA) is 95.9 Å². The summed E-state index contributed by atoms with van der Waals surface area (Å²) in [7, 11) is 1.12. The molecule has 0 spiro atoms. The van der Waals surface area contributed by atoms with E-state index in [0.29, 0.717) is 18.5 Å². The molecule has 0 heterocycles. The zero-order valence-electron chi connectivity index (χ0n) is 18.2. The van der Waals surface area contributed by atoms with Crippen LogP contribution >= 0.6 is 0 Å². The number of phenolic OH excluding ortho intramolecular Hbond substituents is 2. The number of aromatic hydroxyl groups is 2. The second-order valence-corrected chi connectivity index (χ2v) is 7.58. The standard InChI is InChI=1S/C25H21F2NO5/c1-4-11-7-6-8-12(5-2)21(11)28-22-19(26)17-18(20(27)25(22)33-3)24(32)16-14(30)10-9-13(29)15(16)23(17)31/h6-10,28-30H,4-5H2,1-3H3. The summed E-state index contributed by atoms with van der Waals surface area (Å²) >= 11 is 0. The molecule has 0 atom stereocenters. The Morgan fingerprint density at radius 1 is 0.788 bits per heavy atom. The van der Waals surface area contributed by atoms with Crippen LogP contribution in [0.2, 0.25) is 0 Å². The van der Waals surface area contributed by atoms with Crippen LogP contribution in [-0.4, -0.2) is 28.9 Å². The van der Waals surface area contributed by atoms with Crippen LogP contribution in [0.1, 0.15) is 56.8 Å². The quantitative estimate of drug-likeness (QED) is 0.367. The molecule has 3 aromatic carbocycles. The van der Waals surface area contributed by atoms with Gasteiger partial charge in [0.2, 0.25) is 11.6 Å². The van der Waals surface area contributed by atoms with Gasteiger partial charge in [0.05, 0.1) is 29.4 Å². The molecular weight excluding hydrogens is 432 g/mol. The Kier molecular flexibility index (Phi) is 5.53. The largest absolute Gasteiger partial charge is 0.507 e. The zero-order chi connectivity index (χ0) is 24.0. The average molecular weight is 453 g/mol. The number of anilines is 2. The Balaban J connectivity index is 2.02. The van der Waals surface area contributed by atoms with Crippen LogP contribution in [0.5, 0.6) is 17.2 Å². The number of aryl methyl sites for hydroxylation is 2. The normalized spacial score (nSPS) is 12.4. The highest BCUT2D eigenvalue weighted by atomic mass is 19.1. The molecule has 0 unspecified atom stereocenters. The van der Waals surface area contributed by atoms with Crippen molar-refractivity contribution in [2.75, 3.05) is 12.4 Å². The molecule has 8 heteroatoms. The lowest BCUT2D eigenvalue weighted by Gasteiger charge is -2.24. The lowest BCUT2D eigenvalue weighted by molar-refractivity contribution is 0.0966. The number of benzene rings is 3. The summed E-state index contributed by atoms with van der Waals surface area (Å²) in [5, 5.41) is 23.1. The van der Waals surface area contributed by atoms with Gasteiger partial charge in [0, 0.05) is 5.69 Å². The Bertz CT molecular complexity index is 1310. The van der Waals surface area contributed by atoms with Crippen molar-refractivity contribution in [3.8, 4) is 17.2 Å². The number of fused-ring (bicyclic) bond motifs is 2. The van der Waals surface area contributed by atoms with Crippen molar-refractivity contribution < 1.29 is 33.3 Å². The number of methoxy groups -OCH3 is 1. The van der Waals surface area contributed by atoms with Crippen molar-refractivity contribution >= 4 is 22.9 Å². The van der Waals surface area contributed by atoms with E-state index in [-0.39, 0.29) is 0 Å². The molecule has 0 bridgehead atoms. The third kappa shape index (κ3) is 3.21. The SMILES string of the molecule is CCc1cccc(CC)c1Nc1c(F)c2c(c(F)c1OC)C(=O)c1c(O)ccc(O)c1C2=O. The number of halogens is 2. The fourth-order valence-corrected chi connectivity index (χ4v) is 4.22. The Labute approximate surface area is 188 Å². The first-order chi connectivity index (χ1) is 15.8. The molecule has 170 valence electrons. The van der Waals surface area contributed by atoms with Crippen LogP contribution in [-0.2, 0) is 12.8 Å². The van der Waals surface area contributed by atoms with Crippen LogP contribution in [0.3, 0.4) is 0 Å². The minimum Gasteiger partial charge on any atom is -0.507 e. The van der Waals surface area contributed by atoms with Gasteiger partial charge in [-0.3, -0.25) is 9.59 Å². The predicted molar refractivity (Wildman–Crippen MR) is 118 cm³/mol. The molecule has 33 heavy (non-hydrogen) atoms. The number of rotatable bonds is 5. The summed E-state index contributed by atoms with van der Waals surface area (Å²) in [4.78, 5) is 26.2. The maximum absolute atomic E-state index is 15.9. The molecule has 3 aromatic rings. The van der Waals surface area contributed by atoms with E-state index in [9.17, 15) is 19.8 Å². The molecule has 4 rings (SSSR count). The molecule has 0 radical (unpaired) electrons. The number of nitrogens with one attached hydrogen (secondary N) is 1. The minimum absolute atomic E-state index is 0.436. The van der Waals surface area contributed by atoms with Gasteiger partial charge in [0.25, 0.3) is 0 Å². The minimum atomic E-state index is -1.24. The van der Waals surface area contributed by atoms with Crippen LogP contribution in [0, 0.1) is 11.6 Å². The number of phenols is 2. The van der Waals surface area contributed by atoms with Crippen LogP contribution in [0.4, 0.5) is 20.2 Å². The highest BCUT2D eigenvalue weighted by Gasteiger charge is 2.41. The molecule has 3 N–H and O–H groups in total. The van der Waals surface area contributed by atoms with E-state index in [2.05, 4.69) is 5.32 Å². The van der Waals surface area contributed by atoms with Crippen molar-refractivity contribution in [2.45, 2.75) is 26.7 Å². The number of carbonyl (C=O) groups is 2. The summed E-state index contributed by atoms with van der Waals surface area (Å²) in [6.07, 6.45) is 1.21. The van der Waals surface area contributed by atoms with E-state index in [0.717, 1.165) is 30.4 Å². The van der Waals surface area contributed by atoms with Gasteiger partial charge in [-0.15, -0.1) is 0 Å². The average Bonchev–Trinajstić information content (AvgIpc) is 2.81. The van der Waals surface area contributed by atoms with Crippen LogP contribution < -0.4 is 10.1 Å². The molecule has 0 saturated carbocycles. The number of hydrogen-bond donors (Lipinski definition) is 3. The number of carbonyl (C=O) groups excluding carboxylic acids is 2. The van der Waals surface area contributed by atoms with Crippen molar-refractivity contribution in [1.82, 2.24) is 0 Å². The van der Waals surface area contributed by atoms with Gasteiger partial charge in [0.1, 0.15) is 17.2 Å². The predicted octanol–water partition coefficient (Wildman–Crippen LogP) is 5.03. The van der Waals surface area contributed by atoms with E-state index in [1.54, 1.807) is 0 Å². The van der Waals surface area contributed by atoms with E-state index in [4.69, 9.17) is 4.74 Å². The van der Waals surface area contributed by atoms with E-state index >= 15 is 8.78 Å². The first kappa shape index (κ1) is 22.3. The monoisotopic (exact) mass is 453 g/mol. The smallest absolute Gasteiger partial charge is 0.201 e. The maximum Gasteiger partial charge on any atom is 0.201 e. The van der Waals surface area contributed by atoms with Gasteiger partial charge in [-0.05, 0) is 36.1 Å².